The van der Waals surface area contributed by atoms with E-state index >= 15 is 0 Å². The second kappa shape index (κ2) is 4.19. The fraction of sp³-hybridized carbons (Fsp3) is 0. The molecule has 0 spiro atoms. The van der Waals surface area contributed by atoms with Gasteiger partial charge in [0.15, 0.2) is 5.69 Å². The van der Waals surface area contributed by atoms with E-state index in [1.807, 2.05) is 0 Å². The summed E-state index contributed by atoms with van der Waals surface area (Å²) in [6.45, 7) is 0. The summed E-state index contributed by atoms with van der Waals surface area (Å²) in [5.41, 5.74) is 0.578. The van der Waals surface area contributed by atoms with Crippen molar-refractivity contribution in [3.05, 3.63) is 46.1 Å². The van der Waals surface area contributed by atoms with E-state index in [4.69, 9.17) is 11.6 Å². The summed E-state index contributed by atoms with van der Waals surface area (Å²) >= 11 is 5.61. The summed E-state index contributed by atoms with van der Waals surface area (Å²) in [6.07, 6.45) is 4.13. The lowest BCUT2D eigenvalue weighted by molar-refractivity contribution is -0.384. The molecule has 0 aliphatic heterocycles. The van der Waals surface area contributed by atoms with Gasteiger partial charge in [0.1, 0.15) is 6.20 Å². The topological polar surface area (TPSA) is 81.8 Å². The van der Waals surface area contributed by atoms with Crippen LogP contribution in [0.25, 0.3) is 11.3 Å². The first-order chi connectivity index (χ1) is 7.68. The molecule has 0 radical (unpaired) electrons. The van der Waals surface area contributed by atoms with Crippen LogP contribution in [0.1, 0.15) is 0 Å². The van der Waals surface area contributed by atoms with Crippen molar-refractivity contribution in [3.8, 4) is 11.3 Å². The Balaban J connectivity index is 2.63. The second-order valence-corrected chi connectivity index (χ2v) is 3.20. The van der Waals surface area contributed by atoms with E-state index in [0.29, 0.717) is 5.56 Å². The van der Waals surface area contributed by atoms with E-state index in [9.17, 15) is 10.1 Å². The lowest BCUT2D eigenvalue weighted by atomic mass is 10.2. The van der Waals surface area contributed by atoms with E-state index in [-0.39, 0.29) is 16.7 Å². The Morgan fingerprint density at radius 3 is 2.62 bits per heavy atom. The van der Waals surface area contributed by atoms with Gasteiger partial charge in [-0.3, -0.25) is 15.1 Å². The van der Waals surface area contributed by atoms with Gasteiger partial charge in [-0.05, 0) is 23.7 Å². The standard InChI is InChI=1S/C9H5ClN4O2/c10-9-12-5-7(14(15)16)8(13-9)6-1-3-11-4-2-6/h1-5H. The molecule has 0 aliphatic carbocycles. The molecule has 0 aromatic carbocycles. The van der Waals surface area contributed by atoms with Crippen LogP contribution in [-0.2, 0) is 0 Å². The largest absolute Gasteiger partial charge is 0.313 e. The molecule has 80 valence electrons. The summed E-state index contributed by atoms with van der Waals surface area (Å²) in [5, 5.41) is 10.7. The minimum Gasteiger partial charge on any atom is -0.265 e. The van der Waals surface area contributed by atoms with Crippen LogP contribution < -0.4 is 0 Å². The third-order valence-electron chi connectivity index (χ3n) is 1.89. The molecular weight excluding hydrogens is 232 g/mol. The summed E-state index contributed by atoms with van der Waals surface area (Å²) in [7, 11) is 0. The van der Waals surface area contributed by atoms with Gasteiger partial charge >= 0.3 is 5.69 Å². The molecule has 2 heterocycles. The van der Waals surface area contributed by atoms with Crippen molar-refractivity contribution in [1.29, 1.82) is 0 Å². The Labute approximate surface area is 95.1 Å². The highest BCUT2D eigenvalue weighted by atomic mass is 35.5. The van der Waals surface area contributed by atoms with Crippen molar-refractivity contribution in [2.75, 3.05) is 0 Å². The fourth-order valence-corrected chi connectivity index (χ4v) is 1.34. The first-order valence-corrected chi connectivity index (χ1v) is 4.63. The molecule has 0 unspecified atom stereocenters. The van der Waals surface area contributed by atoms with Crippen molar-refractivity contribution in [1.82, 2.24) is 15.0 Å². The quantitative estimate of drug-likeness (QED) is 0.453. The zero-order valence-electron chi connectivity index (χ0n) is 7.87. The lowest BCUT2D eigenvalue weighted by Gasteiger charge is -2.01. The molecule has 2 aromatic rings. The van der Waals surface area contributed by atoms with Gasteiger partial charge < -0.3 is 0 Å². The summed E-state index contributed by atoms with van der Waals surface area (Å²) < 4.78 is 0. The minimum absolute atomic E-state index is 0.0302. The number of hydrogen-bond donors (Lipinski definition) is 0. The van der Waals surface area contributed by atoms with Gasteiger partial charge in [0.2, 0.25) is 5.28 Å². The first kappa shape index (κ1) is 10.4. The van der Waals surface area contributed by atoms with Crippen LogP contribution >= 0.6 is 11.6 Å². The average molecular weight is 237 g/mol. The molecule has 16 heavy (non-hydrogen) atoms. The molecule has 0 bridgehead atoms. The van der Waals surface area contributed by atoms with Gasteiger partial charge in [-0.25, -0.2) is 9.97 Å². The van der Waals surface area contributed by atoms with E-state index in [1.54, 1.807) is 12.1 Å². The molecule has 0 fully saturated rings. The fourth-order valence-electron chi connectivity index (χ4n) is 1.21. The second-order valence-electron chi connectivity index (χ2n) is 2.87. The number of nitro groups is 1. The summed E-state index contributed by atoms with van der Waals surface area (Å²) in [5.74, 6) is 0. The molecule has 0 N–H and O–H groups in total. The zero-order chi connectivity index (χ0) is 11.5. The average Bonchev–Trinajstić information content (AvgIpc) is 2.29. The number of aromatic nitrogens is 3. The molecule has 0 atom stereocenters. The van der Waals surface area contributed by atoms with Crippen molar-refractivity contribution in [3.63, 3.8) is 0 Å². The predicted octanol–water partition coefficient (Wildman–Crippen LogP) is 2.10. The Kier molecular flexibility index (Phi) is 2.74. The highest BCUT2D eigenvalue weighted by Gasteiger charge is 2.18. The maximum atomic E-state index is 10.8. The van der Waals surface area contributed by atoms with Crippen molar-refractivity contribution < 1.29 is 4.92 Å². The van der Waals surface area contributed by atoms with E-state index in [0.717, 1.165) is 6.20 Å². The Bertz CT molecular complexity index is 532. The molecule has 0 amide bonds. The molecule has 0 saturated heterocycles. The first-order valence-electron chi connectivity index (χ1n) is 4.26. The van der Waals surface area contributed by atoms with Crippen LogP contribution in [0.2, 0.25) is 5.28 Å². The van der Waals surface area contributed by atoms with Gasteiger partial charge in [0.05, 0.1) is 4.92 Å². The smallest absolute Gasteiger partial charge is 0.265 e. The third kappa shape index (κ3) is 1.96. The molecule has 0 saturated carbocycles. The Morgan fingerprint density at radius 2 is 2.00 bits per heavy atom. The number of pyridine rings is 1. The van der Waals surface area contributed by atoms with Gasteiger partial charge in [-0.15, -0.1) is 0 Å². The maximum Gasteiger partial charge on any atom is 0.313 e. The van der Waals surface area contributed by atoms with Gasteiger partial charge in [0, 0.05) is 18.0 Å². The normalized spacial score (nSPS) is 10.1. The van der Waals surface area contributed by atoms with Crippen LogP contribution in [0.3, 0.4) is 0 Å². The monoisotopic (exact) mass is 236 g/mol. The minimum atomic E-state index is -0.550. The maximum absolute atomic E-state index is 10.8. The highest BCUT2D eigenvalue weighted by molar-refractivity contribution is 6.28. The van der Waals surface area contributed by atoms with E-state index < -0.39 is 4.92 Å². The van der Waals surface area contributed by atoms with E-state index in [2.05, 4.69) is 15.0 Å². The van der Waals surface area contributed by atoms with Crippen molar-refractivity contribution >= 4 is 17.3 Å². The van der Waals surface area contributed by atoms with Crippen LogP contribution in [0.15, 0.2) is 30.7 Å². The number of hydrogen-bond acceptors (Lipinski definition) is 5. The summed E-state index contributed by atoms with van der Waals surface area (Å²) in [4.78, 5) is 21.5. The van der Waals surface area contributed by atoms with Crippen molar-refractivity contribution in [2.45, 2.75) is 0 Å². The molecule has 0 aliphatic rings. The Hall–Kier alpha value is -2.08. The number of halogens is 1. The van der Waals surface area contributed by atoms with E-state index in [1.165, 1.54) is 12.4 Å². The molecular formula is C9H5ClN4O2. The molecule has 2 aromatic heterocycles. The third-order valence-corrected chi connectivity index (χ3v) is 2.07. The molecule has 6 nitrogen and oxygen atoms in total. The number of rotatable bonds is 2. The Morgan fingerprint density at radius 1 is 1.31 bits per heavy atom. The van der Waals surface area contributed by atoms with Crippen LogP contribution in [0.4, 0.5) is 5.69 Å². The van der Waals surface area contributed by atoms with Crippen molar-refractivity contribution in [2.24, 2.45) is 0 Å². The molecule has 2 rings (SSSR count). The SMILES string of the molecule is O=[N+]([O-])c1cnc(Cl)nc1-c1ccncc1. The van der Waals surface area contributed by atoms with Crippen LogP contribution in [-0.4, -0.2) is 19.9 Å². The van der Waals surface area contributed by atoms with Gasteiger partial charge in [-0.1, -0.05) is 0 Å². The van der Waals surface area contributed by atoms with Gasteiger partial charge in [-0.2, -0.15) is 0 Å². The molecule has 7 heteroatoms. The predicted molar refractivity (Wildman–Crippen MR) is 56.9 cm³/mol. The van der Waals surface area contributed by atoms with Crippen LogP contribution in [0, 0.1) is 10.1 Å². The zero-order valence-corrected chi connectivity index (χ0v) is 8.63. The van der Waals surface area contributed by atoms with Crippen LogP contribution in [0.5, 0.6) is 0 Å². The summed E-state index contributed by atoms with van der Waals surface area (Å²) in [6, 6.07) is 3.23. The number of nitrogens with zero attached hydrogens (tertiary/aromatic N) is 4. The van der Waals surface area contributed by atoms with Gasteiger partial charge in [0.25, 0.3) is 0 Å². The highest BCUT2D eigenvalue weighted by Crippen LogP contribution is 2.27. The lowest BCUT2D eigenvalue weighted by Crippen LogP contribution is -1.96.